The van der Waals surface area contributed by atoms with Gasteiger partial charge in [0, 0.05) is 30.3 Å². The smallest absolute Gasteiger partial charge is 0.333 e. The second kappa shape index (κ2) is 12.2. The molecule has 16 heteroatoms. The third-order valence-electron chi connectivity index (χ3n) is 5.77. The summed E-state index contributed by atoms with van der Waals surface area (Å²) >= 11 is 0. The van der Waals surface area contributed by atoms with E-state index in [0.29, 0.717) is 17.2 Å². The molecule has 3 aliphatic heterocycles. The standard InChI is InChI=1S/C20H27N3O11S2/c1-9(2-5-14(27)34-23-11(24)3-4-12(23)25)36-35-7-6-13(26)33-8-10-15(28)16(29)17(30)18-21-19(31)20(32)22(10)18/h9-10,15-18,28-30H,2-8H2,1H3,(H,21,31)/t9?,10-,15-,16+,17+,18+/m1/s1. The zero-order chi connectivity index (χ0) is 26.6. The molecule has 1 unspecified atom stereocenters. The zero-order valence-corrected chi connectivity index (χ0v) is 20.9. The van der Waals surface area contributed by atoms with E-state index >= 15 is 0 Å². The van der Waals surface area contributed by atoms with Crippen LogP contribution in [0.5, 0.6) is 0 Å². The average molecular weight is 550 g/mol. The minimum atomic E-state index is -1.65. The summed E-state index contributed by atoms with van der Waals surface area (Å²) in [6.07, 6.45) is -5.63. The molecule has 0 aromatic heterocycles. The predicted octanol–water partition coefficient (Wildman–Crippen LogP) is -2.17. The Kier molecular flexibility index (Phi) is 9.57. The number of imide groups is 1. The Balaban J connectivity index is 1.33. The van der Waals surface area contributed by atoms with Crippen molar-refractivity contribution >= 4 is 57.2 Å². The first-order valence-corrected chi connectivity index (χ1v) is 13.6. The molecular weight excluding hydrogens is 522 g/mol. The van der Waals surface area contributed by atoms with Crippen molar-refractivity contribution in [3.63, 3.8) is 0 Å². The molecule has 6 atom stereocenters. The van der Waals surface area contributed by atoms with Crippen molar-refractivity contribution in [1.82, 2.24) is 15.3 Å². The Hall–Kier alpha value is -2.40. The Bertz CT molecular complexity index is 903. The first-order chi connectivity index (χ1) is 17.0. The minimum absolute atomic E-state index is 0.00278. The highest BCUT2D eigenvalue weighted by molar-refractivity contribution is 8.76. The molecule has 3 heterocycles. The Morgan fingerprint density at radius 1 is 1.03 bits per heavy atom. The minimum Gasteiger partial charge on any atom is -0.463 e. The summed E-state index contributed by atoms with van der Waals surface area (Å²) in [5, 5.41) is 33.0. The summed E-state index contributed by atoms with van der Waals surface area (Å²) in [6.45, 7) is 1.39. The van der Waals surface area contributed by atoms with Crippen LogP contribution < -0.4 is 5.32 Å². The fraction of sp³-hybridized carbons (Fsp3) is 0.700. The van der Waals surface area contributed by atoms with Gasteiger partial charge in [0.25, 0.3) is 11.8 Å². The molecule has 3 saturated heterocycles. The highest BCUT2D eigenvalue weighted by Crippen LogP contribution is 2.30. The fourth-order valence-electron chi connectivity index (χ4n) is 3.79. The normalized spacial score (nSPS) is 28.7. The van der Waals surface area contributed by atoms with Crippen LogP contribution in [-0.4, -0.2) is 109 Å². The second-order valence-corrected chi connectivity index (χ2v) is 11.3. The second-order valence-electron chi connectivity index (χ2n) is 8.42. The first-order valence-electron chi connectivity index (χ1n) is 11.2. The highest BCUT2D eigenvalue weighted by atomic mass is 33.1. The first kappa shape index (κ1) is 28.2. The molecule has 36 heavy (non-hydrogen) atoms. The number of nitrogens with zero attached hydrogens (tertiary/aromatic N) is 2. The summed E-state index contributed by atoms with van der Waals surface area (Å²) in [5.74, 6) is -4.04. The molecule has 3 rings (SSSR count). The molecule has 0 aliphatic carbocycles. The van der Waals surface area contributed by atoms with Crippen LogP contribution in [0.25, 0.3) is 0 Å². The van der Waals surface area contributed by atoms with Gasteiger partial charge in [-0.25, -0.2) is 4.79 Å². The monoisotopic (exact) mass is 549 g/mol. The van der Waals surface area contributed by atoms with E-state index in [2.05, 4.69) is 5.32 Å². The molecule has 0 radical (unpaired) electrons. The lowest BCUT2D eigenvalue weighted by molar-refractivity contribution is -0.197. The maximum absolute atomic E-state index is 12.1. The van der Waals surface area contributed by atoms with Crippen LogP contribution in [0.1, 0.15) is 39.0 Å². The Labute approximate surface area is 213 Å². The van der Waals surface area contributed by atoms with Gasteiger partial charge < -0.3 is 35.1 Å². The summed E-state index contributed by atoms with van der Waals surface area (Å²) in [5.41, 5.74) is 0. The number of esters is 1. The van der Waals surface area contributed by atoms with E-state index in [1.54, 1.807) is 0 Å². The number of nitrogens with one attached hydrogen (secondary N) is 1. The summed E-state index contributed by atoms with van der Waals surface area (Å²) < 4.78 is 5.13. The molecule has 0 aromatic rings. The zero-order valence-electron chi connectivity index (χ0n) is 19.2. The summed E-state index contributed by atoms with van der Waals surface area (Å²) in [7, 11) is 2.78. The number of ether oxygens (including phenoxy) is 1. The topological polar surface area (TPSA) is 200 Å². The van der Waals surface area contributed by atoms with Crippen molar-refractivity contribution in [3.05, 3.63) is 0 Å². The summed E-state index contributed by atoms with van der Waals surface area (Å²) in [4.78, 5) is 76.3. The van der Waals surface area contributed by atoms with Crippen LogP contribution >= 0.6 is 21.6 Å². The maximum atomic E-state index is 12.1. The van der Waals surface area contributed by atoms with Crippen LogP contribution in [0.3, 0.4) is 0 Å². The van der Waals surface area contributed by atoms with Crippen LogP contribution in [0.4, 0.5) is 0 Å². The van der Waals surface area contributed by atoms with Gasteiger partial charge in [0.1, 0.15) is 31.1 Å². The molecule has 4 N–H and O–H groups in total. The number of amides is 4. The van der Waals surface area contributed by atoms with Gasteiger partial charge in [0.15, 0.2) is 0 Å². The van der Waals surface area contributed by atoms with Crippen molar-refractivity contribution in [3.8, 4) is 0 Å². The van der Waals surface area contributed by atoms with Gasteiger partial charge in [-0.05, 0) is 6.42 Å². The molecule has 14 nitrogen and oxygen atoms in total. The van der Waals surface area contributed by atoms with Crippen LogP contribution in [0.15, 0.2) is 0 Å². The highest BCUT2D eigenvalue weighted by Gasteiger charge is 2.55. The van der Waals surface area contributed by atoms with Crippen molar-refractivity contribution < 1.29 is 53.7 Å². The van der Waals surface area contributed by atoms with Gasteiger partial charge in [-0.1, -0.05) is 28.5 Å². The van der Waals surface area contributed by atoms with Crippen LogP contribution in [-0.2, 0) is 38.3 Å². The van der Waals surface area contributed by atoms with Crippen LogP contribution in [0.2, 0.25) is 0 Å². The van der Waals surface area contributed by atoms with Gasteiger partial charge >= 0.3 is 23.8 Å². The number of hydrogen-bond acceptors (Lipinski definition) is 13. The molecule has 0 spiro atoms. The number of fused-ring (bicyclic) bond motifs is 1. The SMILES string of the molecule is CC(CCC(=O)ON1C(=O)CCC1=O)SSCCC(=O)OC[C@@H]1[C@@H](O)[C@H](O)[C@H](O)[C@H]2NC(=O)C(=O)N12. The van der Waals surface area contributed by atoms with Crippen LogP contribution in [0, 0.1) is 0 Å². The lowest BCUT2D eigenvalue weighted by Gasteiger charge is -2.44. The number of carbonyl (C=O) groups is 6. The van der Waals surface area contributed by atoms with Crippen molar-refractivity contribution in [1.29, 1.82) is 0 Å². The molecular formula is C20H27N3O11S2. The lowest BCUT2D eigenvalue weighted by atomic mass is 9.92. The molecule has 200 valence electrons. The van der Waals surface area contributed by atoms with Gasteiger partial charge in [-0.15, -0.1) is 5.06 Å². The number of piperidine rings is 1. The van der Waals surface area contributed by atoms with E-state index in [9.17, 15) is 44.1 Å². The van der Waals surface area contributed by atoms with E-state index in [1.807, 2.05) is 6.92 Å². The quantitative estimate of drug-likeness (QED) is 0.0714. The van der Waals surface area contributed by atoms with E-state index in [-0.39, 0.29) is 30.9 Å². The summed E-state index contributed by atoms with van der Waals surface area (Å²) in [6, 6.07) is -1.21. The lowest BCUT2D eigenvalue weighted by Crippen LogP contribution is -2.68. The predicted molar refractivity (Wildman–Crippen MR) is 122 cm³/mol. The average Bonchev–Trinajstić information content (AvgIpc) is 3.32. The van der Waals surface area contributed by atoms with Gasteiger partial charge in [0.2, 0.25) is 0 Å². The fourth-order valence-corrected chi connectivity index (χ4v) is 6.11. The van der Waals surface area contributed by atoms with Crippen molar-refractivity contribution in [2.24, 2.45) is 0 Å². The van der Waals surface area contributed by atoms with Gasteiger partial charge in [0.05, 0.1) is 12.5 Å². The number of aliphatic hydroxyl groups is 3. The molecule has 0 bridgehead atoms. The number of hydrogen-bond donors (Lipinski definition) is 4. The van der Waals surface area contributed by atoms with Crippen molar-refractivity contribution in [2.45, 2.75) is 74.8 Å². The maximum Gasteiger partial charge on any atom is 0.333 e. The molecule has 0 saturated carbocycles. The number of rotatable bonds is 11. The molecule has 3 fully saturated rings. The Morgan fingerprint density at radius 2 is 1.69 bits per heavy atom. The Morgan fingerprint density at radius 3 is 2.36 bits per heavy atom. The van der Waals surface area contributed by atoms with E-state index in [1.165, 1.54) is 21.6 Å². The van der Waals surface area contributed by atoms with Crippen molar-refractivity contribution in [2.75, 3.05) is 12.4 Å². The number of aliphatic hydroxyl groups excluding tert-OH is 3. The third-order valence-corrected chi connectivity index (χ3v) is 8.74. The number of carbonyl (C=O) groups excluding carboxylic acids is 6. The van der Waals surface area contributed by atoms with E-state index in [0.717, 1.165) is 4.90 Å². The molecule has 4 amide bonds. The third kappa shape index (κ3) is 6.47. The van der Waals surface area contributed by atoms with Gasteiger partial charge in [-0.2, -0.15) is 0 Å². The molecule has 0 aromatic carbocycles. The van der Waals surface area contributed by atoms with Gasteiger partial charge in [-0.3, -0.25) is 24.0 Å². The number of hydroxylamine groups is 2. The van der Waals surface area contributed by atoms with E-state index in [4.69, 9.17) is 9.57 Å². The largest absolute Gasteiger partial charge is 0.463 e. The molecule has 3 aliphatic rings. The van der Waals surface area contributed by atoms with E-state index < -0.39 is 72.7 Å².